The Morgan fingerprint density at radius 1 is 0.700 bits per heavy atom. The summed E-state index contributed by atoms with van der Waals surface area (Å²) in [5, 5.41) is 0.159. The van der Waals surface area contributed by atoms with Crippen LogP contribution in [0.2, 0.25) is 0 Å². The van der Waals surface area contributed by atoms with Gasteiger partial charge in [-0.2, -0.15) is 0 Å². The van der Waals surface area contributed by atoms with Crippen molar-refractivity contribution in [2.24, 2.45) is 0 Å². The van der Waals surface area contributed by atoms with Crippen LogP contribution in [0.5, 0.6) is 0 Å². The maximum absolute atomic E-state index is 14.6. The summed E-state index contributed by atoms with van der Waals surface area (Å²) in [5.41, 5.74) is 2.22. The van der Waals surface area contributed by atoms with E-state index in [0.717, 1.165) is 0 Å². The molecule has 0 saturated carbocycles. The van der Waals surface area contributed by atoms with Crippen molar-refractivity contribution >= 4 is 23.5 Å². The zero-order chi connectivity index (χ0) is 24.0. The quantitative estimate of drug-likeness (QED) is 0.461. The molecule has 4 heteroatoms. The van der Waals surface area contributed by atoms with Gasteiger partial charge in [-0.15, -0.1) is 0 Å². The molecule has 3 nitrogen and oxygen atoms in total. The third-order valence-electron chi connectivity index (χ3n) is 5.29. The Morgan fingerprint density at radius 2 is 1.10 bits per heavy atom. The summed E-state index contributed by atoms with van der Waals surface area (Å²) in [5.74, 6) is 0. The molecule has 0 saturated heterocycles. The molecule has 0 unspecified atom stereocenters. The molecule has 0 aliphatic rings. The number of hydrogen-bond acceptors (Lipinski definition) is 3. The van der Waals surface area contributed by atoms with E-state index >= 15 is 0 Å². The van der Waals surface area contributed by atoms with E-state index in [9.17, 15) is 14.2 Å². The van der Waals surface area contributed by atoms with Gasteiger partial charge < -0.3 is 4.57 Å². The smallest absolute Gasteiger partial charge is 0.248 e. The molecular formula is C26H27O3P. The van der Waals surface area contributed by atoms with Crippen LogP contribution in [0.25, 0.3) is 0 Å². The van der Waals surface area contributed by atoms with Crippen LogP contribution < -0.4 is 5.30 Å². The highest BCUT2D eigenvalue weighted by Gasteiger charge is 2.44. The first-order valence-corrected chi connectivity index (χ1v) is 11.5. The van der Waals surface area contributed by atoms with E-state index in [-0.39, 0.29) is 28.5 Å². The largest absolute Gasteiger partial charge is 0.302 e. The molecule has 0 amide bonds. The molecule has 0 radical (unpaired) electrons. The molecule has 3 aromatic carbocycles. The summed E-state index contributed by atoms with van der Waals surface area (Å²) in [6.07, 6.45) is 0. The van der Waals surface area contributed by atoms with Gasteiger partial charge in [0.25, 0.3) is 0 Å². The highest BCUT2D eigenvalue weighted by atomic mass is 31.2. The van der Waals surface area contributed by atoms with Crippen LogP contribution >= 0.6 is 7.14 Å². The minimum atomic E-state index is -4.32. The molecule has 0 aliphatic carbocycles. The maximum atomic E-state index is 14.6. The van der Waals surface area contributed by atoms with Crippen LogP contribution in [0.4, 0.5) is 0 Å². The standard InChI is InChI=1S/C26H27O3P/c1-16-12-18(3)23(19(4)13-16)25(27)30(29,22-10-8-7-9-11-22)26(28)24-20(5)14-17(2)15-21(24)6/h7-15H,1-6H3/i12D,14D. The Hall–Kier alpha value is -2.77. The van der Waals surface area contributed by atoms with Gasteiger partial charge in [0.2, 0.25) is 18.2 Å². The molecule has 0 aromatic heterocycles. The lowest BCUT2D eigenvalue weighted by atomic mass is 10.0. The van der Waals surface area contributed by atoms with Gasteiger partial charge in [-0.3, -0.25) is 9.59 Å². The fourth-order valence-corrected chi connectivity index (χ4v) is 6.68. The van der Waals surface area contributed by atoms with E-state index in [2.05, 4.69) is 0 Å². The first-order chi connectivity index (χ1) is 14.9. The van der Waals surface area contributed by atoms with Gasteiger partial charge in [0.15, 0.2) is 0 Å². The zero-order valence-electron chi connectivity index (χ0n) is 20.2. The molecule has 0 fully saturated rings. The Bertz CT molecular complexity index is 1230. The molecule has 0 spiro atoms. The second kappa shape index (κ2) is 8.16. The summed E-state index contributed by atoms with van der Waals surface area (Å²) in [6, 6.07) is 11.9. The first-order valence-electron chi connectivity index (χ1n) is 10.8. The molecule has 0 heterocycles. The predicted molar refractivity (Wildman–Crippen MR) is 124 cm³/mol. The van der Waals surface area contributed by atoms with E-state index in [1.807, 2.05) is 0 Å². The SMILES string of the molecule is [2H]c1c(C)cc(C)c(C(=O)P(=O)(C(=O)c2c(C)cc(C)c([2H])c2C)c2ccccc2)c1C. The van der Waals surface area contributed by atoms with Crippen LogP contribution in [0.15, 0.2) is 54.5 Å². The topological polar surface area (TPSA) is 51.2 Å². The lowest BCUT2D eigenvalue weighted by Gasteiger charge is -2.21. The van der Waals surface area contributed by atoms with Crippen molar-refractivity contribution in [1.82, 2.24) is 0 Å². The van der Waals surface area contributed by atoms with Crippen molar-refractivity contribution in [3.8, 4) is 0 Å². The molecule has 3 aromatic rings. The minimum Gasteiger partial charge on any atom is -0.302 e. The van der Waals surface area contributed by atoms with E-state index in [0.29, 0.717) is 33.4 Å². The van der Waals surface area contributed by atoms with E-state index in [1.165, 1.54) is 12.1 Å². The number of carbonyl (C=O) groups is 2. The van der Waals surface area contributed by atoms with E-state index < -0.39 is 18.2 Å². The third kappa shape index (κ3) is 3.70. The van der Waals surface area contributed by atoms with Gasteiger partial charge in [0.1, 0.15) is 0 Å². The molecular weight excluding hydrogens is 391 g/mol. The highest BCUT2D eigenvalue weighted by Crippen LogP contribution is 2.52. The number of rotatable bonds is 5. The maximum Gasteiger partial charge on any atom is 0.248 e. The highest BCUT2D eigenvalue weighted by molar-refractivity contribution is 8.01. The van der Waals surface area contributed by atoms with Gasteiger partial charge in [0, 0.05) is 16.4 Å². The predicted octanol–water partition coefficient (Wildman–Crippen LogP) is 6.21. The first kappa shape index (κ1) is 19.2. The Labute approximate surface area is 181 Å². The van der Waals surface area contributed by atoms with Crippen molar-refractivity contribution < 1.29 is 16.9 Å². The van der Waals surface area contributed by atoms with Gasteiger partial charge in [-0.1, -0.05) is 65.7 Å². The van der Waals surface area contributed by atoms with Crippen LogP contribution in [0, 0.1) is 41.5 Å². The number of hydrogen-bond donors (Lipinski definition) is 0. The Kier molecular flexibility index (Phi) is 5.23. The molecule has 3 rings (SSSR count). The Balaban J connectivity index is 2.36. The van der Waals surface area contributed by atoms with E-state index in [1.54, 1.807) is 71.9 Å². The van der Waals surface area contributed by atoms with Crippen LogP contribution in [-0.4, -0.2) is 11.0 Å². The van der Waals surface area contributed by atoms with Crippen molar-refractivity contribution in [3.63, 3.8) is 0 Å². The fraction of sp³-hybridized carbons (Fsp3) is 0.231. The van der Waals surface area contributed by atoms with Crippen molar-refractivity contribution in [2.75, 3.05) is 0 Å². The third-order valence-corrected chi connectivity index (χ3v) is 7.91. The van der Waals surface area contributed by atoms with Gasteiger partial charge in [0.05, 0.1) is 2.74 Å². The fourth-order valence-electron chi connectivity index (χ4n) is 4.11. The average molecular weight is 420 g/mol. The summed E-state index contributed by atoms with van der Waals surface area (Å²) in [6.45, 7) is 10.3. The van der Waals surface area contributed by atoms with Crippen molar-refractivity contribution in [3.05, 3.63) is 99.1 Å². The summed E-state index contributed by atoms with van der Waals surface area (Å²) in [7, 11) is -4.32. The van der Waals surface area contributed by atoms with Crippen molar-refractivity contribution in [1.29, 1.82) is 0 Å². The van der Waals surface area contributed by atoms with Crippen LogP contribution in [0.1, 0.15) is 56.8 Å². The molecule has 0 bridgehead atoms. The number of benzene rings is 3. The summed E-state index contributed by atoms with van der Waals surface area (Å²) < 4.78 is 31.2. The summed E-state index contributed by atoms with van der Waals surface area (Å²) >= 11 is 0. The number of carbonyl (C=O) groups excluding carboxylic acids is 2. The van der Waals surface area contributed by atoms with E-state index in [4.69, 9.17) is 2.74 Å². The molecule has 154 valence electrons. The van der Waals surface area contributed by atoms with Gasteiger partial charge in [-0.05, 0) is 63.8 Å². The Morgan fingerprint density at radius 3 is 1.50 bits per heavy atom. The zero-order valence-corrected chi connectivity index (χ0v) is 19.1. The molecule has 30 heavy (non-hydrogen) atoms. The van der Waals surface area contributed by atoms with Crippen LogP contribution in [0.3, 0.4) is 0 Å². The van der Waals surface area contributed by atoms with Gasteiger partial charge >= 0.3 is 0 Å². The second-order valence-electron chi connectivity index (χ2n) is 7.83. The average Bonchev–Trinajstić information content (AvgIpc) is 2.75. The second-order valence-corrected chi connectivity index (χ2v) is 10.4. The molecule has 0 aliphatic heterocycles. The molecule has 0 atom stereocenters. The summed E-state index contributed by atoms with van der Waals surface area (Å²) in [4.78, 5) is 27.9. The lowest BCUT2D eigenvalue weighted by Crippen LogP contribution is -2.23. The van der Waals surface area contributed by atoms with Crippen LogP contribution in [-0.2, 0) is 4.57 Å². The molecule has 0 N–H and O–H groups in total. The minimum absolute atomic E-state index is 0.159. The van der Waals surface area contributed by atoms with Gasteiger partial charge in [-0.25, -0.2) is 0 Å². The lowest BCUT2D eigenvalue weighted by molar-refractivity contribution is 0.104. The normalized spacial score (nSPS) is 12.3. The number of aryl methyl sites for hydroxylation is 4. The van der Waals surface area contributed by atoms with Crippen molar-refractivity contribution in [2.45, 2.75) is 41.5 Å². The monoisotopic (exact) mass is 420 g/mol.